The van der Waals surface area contributed by atoms with E-state index in [-0.39, 0.29) is 18.4 Å². The molecule has 0 aliphatic carbocycles. The fraction of sp³-hybridized carbons (Fsp3) is 0.182. The Balaban J connectivity index is 1.27. The van der Waals surface area contributed by atoms with E-state index in [1.807, 2.05) is 18.2 Å². The van der Waals surface area contributed by atoms with E-state index in [1.54, 1.807) is 44.4 Å². The molecule has 3 heterocycles. The molecule has 2 aromatic heterocycles. The number of nitrogens with one attached hydrogen (secondary N) is 1. The molecule has 0 spiro atoms. The Bertz CT molecular complexity index is 1260. The highest BCUT2D eigenvalue weighted by Crippen LogP contribution is 2.35. The molecule has 0 amide bonds. The van der Waals surface area contributed by atoms with Crippen LogP contribution < -0.4 is 14.2 Å². The smallest absolute Gasteiger partial charge is 0.357 e. The van der Waals surface area contributed by atoms with Crippen LogP contribution in [0.4, 0.5) is 0 Å². The fourth-order valence-electron chi connectivity index (χ4n) is 3.16. The molecule has 10 heteroatoms. The van der Waals surface area contributed by atoms with Gasteiger partial charge in [0.15, 0.2) is 17.6 Å². The predicted octanol–water partition coefficient (Wildman–Crippen LogP) is 3.78. The van der Waals surface area contributed by atoms with Crippen molar-refractivity contribution in [1.29, 1.82) is 0 Å². The Hall–Kier alpha value is -4.34. The summed E-state index contributed by atoms with van der Waals surface area (Å²) in [5, 5.41) is 10.8. The largest absolute Gasteiger partial charge is 0.497 e. The molecular formula is C22H18N4O6. The van der Waals surface area contributed by atoms with Crippen molar-refractivity contribution < 1.29 is 28.3 Å². The number of hydrogen-bond donors (Lipinski definition) is 1. The lowest BCUT2D eigenvalue weighted by molar-refractivity contribution is 0.0258. The number of fused-ring (bicyclic) bond motifs is 1. The van der Waals surface area contributed by atoms with Crippen molar-refractivity contribution in [2.45, 2.75) is 13.0 Å². The number of esters is 1. The van der Waals surface area contributed by atoms with Gasteiger partial charge in [0.1, 0.15) is 11.4 Å². The predicted molar refractivity (Wildman–Crippen MR) is 110 cm³/mol. The number of H-pyrrole nitrogens is 1. The van der Waals surface area contributed by atoms with E-state index in [1.165, 1.54) is 0 Å². The van der Waals surface area contributed by atoms with E-state index >= 15 is 0 Å². The monoisotopic (exact) mass is 434 g/mol. The standard InChI is InChI=1S/C22H18N4O6/c1-12(21-23-20(26-32-21)13-3-6-15(28-2)7-4-13)31-22(27)17-10-16(24-25-17)14-5-8-18-19(9-14)30-11-29-18/h3-10,12H,11H2,1-2H3,(H,24,25). The van der Waals surface area contributed by atoms with Gasteiger partial charge < -0.3 is 23.5 Å². The van der Waals surface area contributed by atoms with Gasteiger partial charge in [0, 0.05) is 11.1 Å². The van der Waals surface area contributed by atoms with Crippen molar-refractivity contribution in [3.8, 4) is 39.9 Å². The minimum absolute atomic E-state index is 0.180. The van der Waals surface area contributed by atoms with Crippen LogP contribution in [-0.4, -0.2) is 40.2 Å². The van der Waals surface area contributed by atoms with Crippen molar-refractivity contribution in [2.24, 2.45) is 0 Å². The van der Waals surface area contributed by atoms with Gasteiger partial charge >= 0.3 is 5.97 Å². The number of nitrogens with zero attached hydrogens (tertiary/aromatic N) is 3. The molecule has 1 aliphatic heterocycles. The summed E-state index contributed by atoms with van der Waals surface area (Å²) >= 11 is 0. The topological polar surface area (TPSA) is 122 Å². The van der Waals surface area contributed by atoms with Crippen LogP contribution in [-0.2, 0) is 4.74 Å². The Kier molecular flexibility index (Phi) is 4.94. The molecule has 0 fully saturated rings. The molecule has 1 atom stereocenters. The minimum atomic E-state index is -0.751. The molecule has 0 saturated heterocycles. The molecule has 1 aliphatic rings. The second kappa shape index (κ2) is 8.06. The molecule has 4 aromatic rings. The lowest BCUT2D eigenvalue weighted by Gasteiger charge is -2.07. The van der Waals surface area contributed by atoms with Crippen molar-refractivity contribution in [2.75, 3.05) is 13.9 Å². The average Bonchev–Trinajstić information content (AvgIpc) is 3.59. The molecule has 0 saturated carbocycles. The summed E-state index contributed by atoms with van der Waals surface area (Å²) in [6.07, 6.45) is -0.751. The lowest BCUT2D eigenvalue weighted by atomic mass is 10.1. The van der Waals surface area contributed by atoms with E-state index in [9.17, 15) is 4.79 Å². The van der Waals surface area contributed by atoms with Gasteiger partial charge in [0.2, 0.25) is 12.6 Å². The Morgan fingerprint density at radius 3 is 2.66 bits per heavy atom. The van der Waals surface area contributed by atoms with Crippen molar-refractivity contribution in [3.05, 3.63) is 60.1 Å². The maximum atomic E-state index is 12.6. The normalized spacial score (nSPS) is 13.1. The van der Waals surface area contributed by atoms with Crippen LogP contribution in [0.3, 0.4) is 0 Å². The van der Waals surface area contributed by atoms with Gasteiger partial charge in [-0.15, -0.1) is 0 Å². The number of carbonyl (C=O) groups is 1. The van der Waals surface area contributed by atoms with Gasteiger partial charge in [-0.05, 0) is 55.5 Å². The zero-order valence-electron chi connectivity index (χ0n) is 17.2. The number of carbonyl (C=O) groups excluding carboxylic acids is 1. The Labute approximate surface area is 182 Å². The molecular weight excluding hydrogens is 416 g/mol. The minimum Gasteiger partial charge on any atom is -0.497 e. The van der Waals surface area contributed by atoms with Gasteiger partial charge in [-0.25, -0.2) is 4.79 Å². The zero-order valence-corrected chi connectivity index (χ0v) is 17.2. The van der Waals surface area contributed by atoms with Gasteiger partial charge in [0.25, 0.3) is 5.89 Å². The quantitative estimate of drug-likeness (QED) is 0.452. The van der Waals surface area contributed by atoms with E-state index < -0.39 is 12.1 Å². The van der Waals surface area contributed by atoms with Crippen LogP contribution in [0.2, 0.25) is 0 Å². The lowest BCUT2D eigenvalue weighted by Crippen LogP contribution is -2.10. The van der Waals surface area contributed by atoms with Crippen LogP contribution in [0.5, 0.6) is 17.2 Å². The van der Waals surface area contributed by atoms with Crippen LogP contribution in [0.25, 0.3) is 22.6 Å². The zero-order chi connectivity index (χ0) is 22.1. The third kappa shape index (κ3) is 3.73. The summed E-state index contributed by atoms with van der Waals surface area (Å²) < 4.78 is 26.6. The molecule has 0 radical (unpaired) electrons. The van der Waals surface area contributed by atoms with Gasteiger partial charge in [-0.2, -0.15) is 10.1 Å². The summed E-state index contributed by atoms with van der Waals surface area (Å²) in [4.78, 5) is 16.9. The summed E-state index contributed by atoms with van der Waals surface area (Å²) in [5.41, 5.74) is 2.29. The number of aromatic amines is 1. The number of hydrogen-bond acceptors (Lipinski definition) is 9. The number of methoxy groups -OCH3 is 1. The first-order valence-electron chi connectivity index (χ1n) is 9.75. The first kappa shape index (κ1) is 19.6. The van der Waals surface area contributed by atoms with Crippen LogP contribution in [0.1, 0.15) is 29.4 Å². The van der Waals surface area contributed by atoms with E-state index in [0.717, 1.165) is 16.9 Å². The summed E-state index contributed by atoms with van der Waals surface area (Å²) in [6, 6.07) is 14.2. The first-order valence-corrected chi connectivity index (χ1v) is 9.75. The third-order valence-corrected chi connectivity index (χ3v) is 4.89. The molecule has 0 bridgehead atoms. The van der Waals surface area contributed by atoms with E-state index in [2.05, 4.69) is 20.3 Å². The second-order valence-electron chi connectivity index (χ2n) is 6.97. The van der Waals surface area contributed by atoms with Crippen molar-refractivity contribution in [1.82, 2.24) is 20.3 Å². The molecule has 10 nitrogen and oxygen atoms in total. The van der Waals surface area contributed by atoms with E-state index in [0.29, 0.717) is 23.0 Å². The number of rotatable bonds is 6. The molecule has 162 valence electrons. The van der Waals surface area contributed by atoms with E-state index in [4.69, 9.17) is 23.5 Å². The molecule has 1 N–H and O–H groups in total. The third-order valence-electron chi connectivity index (χ3n) is 4.89. The van der Waals surface area contributed by atoms with Gasteiger partial charge in [-0.1, -0.05) is 5.16 Å². The Morgan fingerprint density at radius 2 is 1.84 bits per heavy atom. The maximum absolute atomic E-state index is 12.6. The number of ether oxygens (including phenoxy) is 4. The van der Waals surface area contributed by atoms with Crippen LogP contribution >= 0.6 is 0 Å². The van der Waals surface area contributed by atoms with Crippen molar-refractivity contribution >= 4 is 5.97 Å². The molecule has 5 rings (SSSR count). The molecule has 32 heavy (non-hydrogen) atoms. The fourth-order valence-corrected chi connectivity index (χ4v) is 3.16. The second-order valence-corrected chi connectivity index (χ2v) is 6.97. The van der Waals surface area contributed by atoms with Crippen molar-refractivity contribution in [3.63, 3.8) is 0 Å². The highest BCUT2D eigenvalue weighted by atomic mass is 16.7. The highest BCUT2D eigenvalue weighted by Gasteiger charge is 2.22. The Morgan fingerprint density at radius 1 is 1.06 bits per heavy atom. The summed E-state index contributed by atoms with van der Waals surface area (Å²) in [6.45, 7) is 1.84. The average molecular weight is 434 g/mol. The van der Waals surface area contributed by atoms with Gasteiger partial charge in [0.05, 0.1) is 12.8 Å². The summed E-state index contributed by atoms with van der Waals surface area (Å²) in [5.74, 6) is 2.00. The first-order chi connectivity index (χ1) is 15.6. The molecule has 2 aromatic carbocycles. The maximum Gasteiger partial charge on any atom is 0.357 e. The van der Waals surface area contributed by atoms with Gasteiger partial charge in [-0.3, -0.25) is 5.10 Å². The summed E-state index contributed by atoms with van der Waals surface area (Å²) in [7, 11) is 1.59. The number of aromatic nitrogens is 4. The SMILES string of the molecule is COc1ccc(-c2noc(C(C)OC(=O)c3cc(-c4ccc5c(c4)OCO5)n[nH]3)n2)cc1. The molecule has 1 unspecified atom stereocenters. The highest BCUT2D eigenvalue weighted by molar-refractivity contribution is 5.88. The number of benzene rings is 2. The van der Waals surface area contributed by atoms with Crippen LogP contribution in [0, 0.1) is 0 Å². The van der Waals surface area contributed by atoms with Crippen LogP contribution in [0.15, 0.2) is 53.1 Å².